The summed E-state index contributed by atoms with van der Waals surface area (Å²) in [7, 11) is 0. The first-order chi connectivity index (χ1) is 11.2. The molecule has 3 aromatic rings. The normalized spacial score (nSPS) is 17.1. The maximum atomic E-state index is 12.4. The van der Waals surface area contributed by atoms with Gasteiger partial charge in [-0.1, -0.05) is 36.7 Å². The van der Waals surface area contributed by atoms with Gasteiger partial charge in [-0.05, 0) is 31.9 Å². The summed E-state index contributed by atoms with van der Waals surface area (Å²) in [6.45, 7) is 1.93. The molecule has 7 heteroatoms. The van der Waals surface area contributed by atoms with Crippen LogP contribution in [0.15, 0.2) is 29.4 Å². The Morgan fingerprint density at radius 3 is 3.00 bits per heavy atom. The molecule has 2 aromatic heterocycles. The average molecular weight is 329 g/mol. The van der Waals surface area contributed by atoms with Crippen LogP contribution in [-0.4, -0.2) is 36.8 Å². The van der Waals surface area contributed by atoms with Gasteiger partial charge < -0.3 is 5.32 Å². The minimum absolute atomic E-state index is 0.0856. The number of aromatic nitrogens is 4. The second kappa shape index (κ2) is 5.88. The van der Waals surface area contributed by atoms with Crippen LogP contribution < -0.4 is 5.32 Å². The van der Waals surface area contributed by atoms with Crippen molar-refractivity contribution in [3.63, 3.8) is 0 Å². The lowest BCUT2D eigenvalue weighted by Crippen LogP contribution is -2.37. The van der Waals surface area contributed by atoms with E-state index < -0.39 is 0 Å². The Balaban J connectivity index is 1.55. The van der Waals surface area contributed by atoms with Crippen LogP contribution in [0, 0.1) is 0 Å². The third-order valence-corrected chi connectivity index (χ3v) is 5.41. The van der Waals surface area contributed by atoms with Gasteiger partial charge in [0.1, 0.15) is 0 Å². The number of amides is 1. The number of carbonyl (C=O) groups is 1. The van der Waals surface area contributed by atoms with Crippen LogP contribution in [0.5, 0.6) is 0 Å². The summed E-state index contributed by atoms with van der Waals surface area (Å²) in [4.78, 5) is 16.9. The zero-order valence-electron chi connectivity index (χ0n) is 13.0. The van der Waals surface area contributed by atoms with E-state index in [2.05, 4.69) is 20.5 Å². The number of nitrogens with one attached hydrogen (secondary N) is 2. The van der Waals surface area contributed by atoms with Crippen molar-refractivity contribution in [3.05, 3.63) is 24.3 Å². The number of para-hydroxylation sites is 2. The maximum absolute atomic E-state index is 12.4. The Morgan fingerprint density at radius 1 is 1.39 bits per heavy atom. The summed E-state index contributed by atoms with van der Waals surface area (Å²) in [5, 5.41) is 11.0. The van der Waals surface area contributed by atoms with Crippen molar-refractivity contribution in [3.8, 4) is 0 Å². The van der Waals surface area contributed by atoms with Crippen LogP contribution in [0.4, 0.5) is 0 Å². The van der Waals surface area contributed by atoms with Crippen LogP contribution in [0.25, 0.3) is 16.8 Å². The van der Waals surface area contributed by atoms with E-state index in [1.807, 2.05) is 35.6 Å². The van der Waals surface area contributed by atoms with E-state index in [1.165, 1.54) is 24.6 Å². The summed E-state index contributed by atoms with van der Waals surface area (Å²) in [6.07, 6.45) is 4.63. The first kappa shape index (κ1) is 14.6. The zero-order chi connectivity index (χ0) is 15.8. The lowest BCUT2D eigenvalue weighted by atomic mass is 10.2. The molecule has 0 radical (unpaired) electrons. The fourth-order valence-corrected chi connectivity index (χ4v) is 4.00. The van der Waals surface area contributed by atoms with E-state index in [-0.39, 0.29) is 11.2 Å². The van der Waals surface area contributed by atoms with Crippen molar-refractivity contribution in [2.24, 2.45) is 0 Å². The van der Waals surface area contributed by atoms with Gasteiger partial charge in [-0.2, -0.15) is 0 Å². The molecule has 4 rings (SSSR count). The lowest BCUT2D eigenvalue weighted by molar-refractivity contribution is -0.120. The molecular formula is C16H19N5OS. The predicted octanol–water partition coefficient (Wildman–Crippen LogP) is 2.75. The van der Waals surface area contributed by atoms with E-state index in [9.17, 15) is 4.79 Å². The molecule has 6 nitrogen and oxygen atoms in total. The molecule has 0 saturated heterocycles. The zero-order valence-corrected chi connectivity index (χ0v) is 13.8. The maximum Gasteiger partial charge on any atom is 0.233 e. The van der Waals surface area contributed by atoms with Crippen LogP contribution in [0.1, 0.15) is 32.6 Å². The number of rotatable bonds is 4. The van der Waals surface area contributed by atoms with E-state index in [0.29, 0.717) is 11.8 Å². The highest BCUT2D eigenvalue weighted by molar-refractivity contribution is 8.00. The number of imidazole rings is 1. The quantitative estimate of drug-likeness (QED) is 0.722. The fourth-order valence-electron chi connectivity index (χ4n) is 3.12. The number of benzene rings is 1. The topological polar surface area (TPSA) is 75.1 Å². The molecule has 1 aliphatic rings. The Kier molecular flexibility index (Phi) is 3.72. The molecule has 2 N–H and O–H groups in total. The molecule has 0 spiro atoms. The molecule has 0 bridgehead atoms. The minimum Gasteiger partial charge on any atom is -0.352 e. The highest BCUT2D eigenvalue weighted by Gasteiger charge is 2.23. The first-order valence-electron chi connectivity index (χ1n) is 8.01. The standard InChI is InChI=1S/C16H19N5OS/c1-10(14(22)17-11-6-2-3-7-11)23-16-20-19-15-18-12-8-4-5-9-13(12)21(15)16/h4-5,8-11H,2-3,6-7H2,1H3,(H,17,22)(H,18,19)/t10-/m0/s1. The van der Waals surface area contributed by atoms with Crippen LogP contribution in [0.3, 0.4) is 0 Å². The number of fused-ring (bicyclic) bond motifs is 3. The van der Waals surface area contributed by atoms with Crippen molar-refractivity contribution in [2.75, 3.05) is 0 Å². The number of H-pyrrole nitrogens is 1. The van der Waals surface area contributed by atoms with Crippen LogP contribution in [-0.2, 0) is 4.79 Å². The molecule has 2 heterocycles. The molecule has 1 saturated carbocycles. The van der Waals surface area contributed by atoms with E-state index in [0.717, 1.165) is 29.0 Å². The molecule has 1 amide bonds. The van der Waals surface area contributed by atoms with Crippen molar-refractivity contribution < 1.29 is 4.79 Å². The third kappa shape index (κ3) is 2.69. The number of thioether (sulfide) groups is 1. The summed E-state index contributed by atoms with van der Waals surface area (Å²) in [6, 6.07) is 8.28. The molecule has 1 fully saturated rings. The molecule has 1 aliphatic carbocycles. The van der Waals surface area contributed by atoms with Gasteiger partial charge in [-0.25, -0.2) is 10.1 Å². The monoisotopic (exact) mass is 329 g/mol. The Hall–Kier alpha value is -2.02. The van der Waals surface area contributed by atoms with Crippen LogP contribution in [0.2, 0.25) is 0 Å². The van der Waals surface area contributed by atoms with Gasteiger partial charge >= 0.3 is 0 Å². The minimum atomic E-state index is -0.191. The van der Waals surface area contributed by atoms with Crippen molar-refractivity contribution >= 4 is 34.5 Å². The fraction of sp³-hybridized carbons (Fsp3) is 0.438. The van der Waals surface area contributed by atoms with E-state index in [4.69, 9.17) is 0 Å². The van der Waals surface area contributed by atoms with Gasteiger partial charge in [0.15, 0.2) is 5.16 Å². The van der Waals surface area contributed by atoms with Crippen molar-refractivity contribution in [1.82, 2.24) is 24.9 Å². The summed E-state index contributed by atoms with van der Waals surface area (Å²) in [5.74, 6) is 0.791. The Bertz CT molecular complexity index is 849. The van der Waals surface area contributed by atoms with Gasteiger partial charge in [0.05, 0.1) is 16.3 Å². The second-order valence-corrected chi connectivity index (χ2v) is 7.32. The molecule has 0 unspecified atom stereocenters. The van der Waals surface area contributed by atoms with Gasteiger partial charge in [-0.3, -0.25) is 9.20 Å². The van der Waals surface area contributed by atoms with Gasteiger partial charge in [0.2, 0.25) is 11.7 Å². The third-order valence-electron chi connectivity index (χ3n) is 4.36. The van der Waals surface area contributed by atoms with Gasteiger partial charge in [0, 0.05) is 6.04 Å². The van der Waals surface area contributed by atoms with Crippen molar-refractivity contribution in [2.45, 2.75) is 49.1 Å². The van der Waals surface area contributed by atoms with Gasteiger partial charge in [0.25, 0.3) is 0 Å². The number of hydrogen-bond donors (Lipinski definition) is 2. The SMILES string of the molecule is C[C@H](Sc1n[nH]c2nc3ccccc3n12)C(=O)NC1CCCC1. The van der Waals surface area contributed by atoms with E-state index in [1.54, 1.807) is 0 Å². The molecule has 1 aromatic carbocycles. The molecule has 23 heavy (non-hydrogen) atoms. The largest absolute Gasteiger partial charge is 0.352 e. The predicted molar refractivity (Wildman–Crippen MR) is 90.6 cm³/mol. The Labute approximate surface area is 138 Å². The second-order valence-electron chi connectivity index (χ2n) is 6.02. The highest BCUT2D eigenvalue weighted by Crippen LogP contribution is 2.26. The van der Waals surface area contributed by atoms with Crippen molar-refractivity contribution in [1.29, 1.82) is 0 Å². The molecule has 120 valence electrons. The average Bonchev–Trinajstić information content (AvgIpc) is 3.24. The first-order valence-corrected chi connectivity index (χ1v) is 8.89. The summed E-state index contributed by atoms with van der Waals surface area (Å²) >= 11 is 1.46. The molecular weight excluding hydrogens is 310 g/mol. The van der Waals surface area contributed by atoms with Crippen LogP contribution >= 0.6 is 11.8 Å². The number of hydrogen-bond acceptors (Lipinski definition) is 4. The Morgan fingerprint density at radius 2 is 2.17 bits per heavy atom. The molecule has 1 atom stereocenters. The highest BCUT2D eigenvalue weighted by atomic mass is 32.2. The van der Waals surface area contributed by atoms with Gasteiger partial charge in [-0.15, -0.1) is 5.10 Å². The smallest absolute Gasteiger partial charge is 0.233 e. The number of aromatic amines is 1. The summed E-state index contributed by atoms with van der Waals surface area (Å²) in [5.41, 5.74) is 1.92. The van der Waals surface area contributed by atoms with E-state index >= 15 is 0 Å². The molecule has 0 aliphatic heterocycles. The summed E-state index contributed by atoms with van der Waals surface area (Å²) < 4.78 is 1.97. The lowest BCUT2D eigenvalue weighted by Gasteiger charge is -2.15. The number of nitrogens with zero attached hydrogens (tertiary/aromatic N) is 3. The number of carbonyl (C=O) groups excluding carboxylic acids is 1.